The molecule has 186 valence electrons. The van der Waals surface area contributed by atoms with E-state index in [-0.39, 0.29) is 48.5 Å². The van der Waals surface area contributed by atoms with E-state index in [9.17, 15) is 10.1 Å². The highest BCUT2D eigenvalue weighted by molar-refractivity contribution is 7.44. The maximum absolute atomic E-state index is 11.5. The molecule has 2 aromatic rings. The highest BCUT2D eigenvalue weighted by Gasteiger charge is 2.47. The summed E-state index contributed by atoms with van der Waals surface area (Å²) in [7, 11) is -1.50. The molecule has 3 rings (SSSR count). The molecule has 1 saturated heterocycles. The van der Waals surface area contributed by atoms with E-state index >= 15 is 0 Å². The van der Waals surface area contributed by atoms with E-state index in [0.717, 1.165) is 6.42 Å². The highest BCUT2D eigenvalue weighted by Crippen LogP contribution is 2.52. The van der Waals surface area contributed by atoms with E-state index in [1.54, 1.807) is 16.8 Å². The van der Waals surface area contributed by atoms with Crippen molar-refractivity contribution < 1.29 is 18.7 Å². The van der Waals surface area contributed by atoms with Crippen molar-refractivity contribution in [2.45, 2.75) is 78.5 Å². The van der Waals surface area contributed by atoms with Crippen LogP contribution in [-0.2, 0) is 13.8 Å². The quantitative estimate of drug-likeness (QED) is 0.143. The van der Waals surface area contributed by atoms with Crippen molar-refractivity contribution in [2.24, 2.45) is 5.92 Å². The van der Waals surface area contributed by atoms with Gasteiger partial charge in [-0.15, -0.1) is 5.10 Å². The second-order valence-corrected chi connectivity index (χ2v) is 10.3. The van der Waals surface area contributed by atoms with Crippen LogP contribution in [0.3, 0.4) is 0 Å². The first-order chi connectivity index (χ1) is 16.2. The molecule has 12 heteroatoms. The third-order valence-corrected chi connectivity index (χ3v) is 8.01. The number of nitro benzene ring substituents is 1. The first kappa shape index (κ1) is 26.4. The summed E-state index contributed by atoms with van der Waals surface area (Å²) in [4.78, 5) is 14.4. The van der Waals surface area contributed by atoms with Crippen molar-refractivity contribution in [3.05, 3.63) is 39.7 Å². The van der Waals surface area contributed by atoms with Gasteiger partial charge >= 0.3 is 0 Å². The number of fused-ring (bicyclic) bond motifs is 1. The van der Waals surface area contributed by atoms with Gasteiger partial charge in [-0.05, 0) is 40.2 Å². The van der Waals surface area contributed by atoms with Crippen molar-refractivity contribution >= 4 is 25.2 Å². The normalized spacial score (nSPS) is 23.8. The van der Waals surface area contributed by atoms with Crippen LogP contribution in [0, 0.1) is 22.6 Å². The fourth-order valence-electron chi connectivity index (χ4n) is 4.34. The standard InChI is InChI=1S/C22H33N6O5P/c1-8-19-16(6)21(33-34(31-13-12-23-7)27(14(2)3)15(4)5)22(32-19)26-17-10-9-11-18(28(29)30)20(17)24-25-26/h9-11,14-16,19,21-22H,8,12-13H2,1-6H3/t16-,19-,21-,22-,34?/m1/s1. The first-order valence-corrected chi connectivity index (χ1v) is 12.7. The lowest BCUT2D eigenvalue weighted by atomic mass is 9.99. The number of aromatic nitrogens is 3. The molecule has 1 aromatic heterocycles. The summed E-state index contributed by atoms with van der Waals surface area (Å²) < 4.78 is 22.9. The van der Waals surface area contributed by atoms with E-state index in [4.69, 9.17) is 20.4 Å². The number of hydrogen-bond donors (Lipinski definition) is 0. The fraction of sp³-hybridized carbons (Fsp3) is 0.682. The van der Waals surface area contributed by atoms with E-state index in [1.165, 1.54) is 6.07 Å². The van der Waals surface area contributed by atoms with Crippen molar-refractivity contribution in [3.8, 4) is 0 Å². The van der Waals surface area contributed by atoms with Crippen LogP contribution in [0.25, 0.3) is 15.9 Å². The second kappa shape index (κ2) is 11.5. The molecule has 2 heterocycles. The number of nitrogens with zero attached hydrogens (tertiary/aromatic N) is 6. The summed E-state index contributed by atoms with van der Waals surface area (Å²) in [5.74, 6) is 0.0172. The van der Waals surface area contributed by atoms with Crippen molar-refractivity contribution in [3.63, 3.8) is 0 Å². The minimum absolute atomic E-state index is 0.0172. The SMILES string of the molecule is [C-]#[N+]CCOP(O[C@@H]1[C@H](C)[C@@H](CC)O[C@H]1n1nnc2c([N+](=O)[O-])cccc21)N(C(C)C)C(C)C. The van der Waals surface area contributed by atoms with Crippen LogP contribution in [0.2, 0.25) is 0 Å². The van der Waals surface area contributed by atoms with Crippen LogP contribution in [0.4, 0.5) is 5.69 Å². The van der Waals surface area contributed by atoms with Crippen LogP contribution in [0.1, 0.15) is 54.2 Å². The zero-order chi connectivity index (χ0) is 25.0. The van der Waals surface area contributed by atoms with Crippen LogP contribution in [0.5, 0.6) is 0 Å². The molecule has 1 aliphatic heterocycles. The minimum atomic E-state index is -1.50. The van der Waals surface area contributed by atoms with Gasteiger partial charge < -0.3 is 18.6 Å². The summed E-state index contributed by atoms with van der Waals surface area (Å²) in [6.45, 7) is 20.1. The van der Waals surface area contributed by atoms with Gasteiger partial charge in [-0.2, -0.15) is 0 Å². The fourth-order valence-corrected chi connectivity index (χ4v) is 6.14. The molecule has 1 aromatic carbocycles. The monoisotopic (exact) mass is 492 g/mol. The molecule has 1 aliphatic rings. The Kier molecular flexibility index (Phi) is 8.90. The summed E-state index contributed by atoms with van der Waals surface area (Å²) in [6.07, 6.45) is -0.353. The molecule has 0 aliphatic carbocycles. The molecular formula is C22H33N6O5P. The number of rotatable bonds is 11. The van der Waals surface area contributed by atoms with Gasteiger partial charge in [0.25, 0.3) is 14.2 Å². The van der Waals surface area contributed by atoms with Gasteiger partial charge in [0.15, 0.2) is 11.7 Å². The van der Waals surface area contributed by atoms with Crippen molar-refractivity contribution in [2.75, 3.05) is 13.2 Å². The molecule has 0 spiro atoms. The molecule has 11 nitrogen and oxygen atoms in total. The molecule has 34 heavy (non-hydrogen) atoms. The lowest BCUT2D eigenvalue weighted by Gasteiger charge is -2.37. The molecule has 0 saturated carbocycles. The number of ether oxygens (including phenoxy) is 1. The predicted molar refractivity (Wildman–Crippen MR) is 129 cm³/mol. The highest BCUT2D eigenvalue weighted by atomic mass is 31.2. The van der Waals surface area contributed by atoms with Gasteiger partial charge in [0.2, 0.25) is 6.54 Å². The predicted octanol–water partition coefficient (Wildman–Crippen LogP) is 4.95. The Hall–Kier alpha value is -2.22. The molecule has 0 amide bonds. The summed E-state index contributed by atoms with van der Waals surface area (Å²) >= 11 is 0. The average molecular weight is 493 g/mol. The molecule has 5 atom stereocenters. The Labute approximate surface area is 201 Å². The van der Waals surface area contributed by atoms with E-state index < -0.39 is 25.8 Å². The maximum atomic E-state index is 11.5. The molecule has 0 bridgehead atoms. The summed E-state index contributed by atoms with van der Waals surface area (Å²) in [5, 5.41) is 19.8. The van der Waals surface area contributed by atoms with Crippen molar-refractivity contribution in [1.29, 1.82) is 0 Å². The largest absolute Gasteiger partial charge is 0.350 e. The molecule has 0 radical (unpaired) electrons. The van der Waals surface area contributed by atoms with Crippen LogP contribution >= 0.6 is 8.53 Å². The number of benzene rings is 1. The van der Waals surface area contributed by atoms with Gasteiger partial charge in [-0.25, -0.2) is 15.9 Å². The Morgan fingerprint density at radius 2 is 2.06 bits per heavy atom. The maximum Gasteiger partial charge on any atom is 0.299 e. The smallest absolute Gasteiger partial charge is 0.299 e. The third-order valence-electron chi connectivity index (χ3n) is 5.88. The molecular weight excluding hydrogens is 459 g/mol. The van der Waals surface area contributed by atoms with Crippen LogP contribution < -0.4 is 0 Å². The lowest BCUT2D eigenvalue weighted by Crippen LogP contribution is -2.36. The Bertz CT molecular complexity index is 1020. The average Bonchev–Trinajstić information content (AvgIpc) is 3.34. The van der Waals surface area contributed by atoms with Crippen LogP contribution in [-0.4, -0.2) is 62.0 Å². The Balaban J connectivity index is 1.99. The molecule has 1 unspecified atom stereocenters. The van der Waals surface area contributed by atoms with Gasteiger partial charge in [0.05, 0.1) is 16.5 Å². The summed E-state index contributed by atoms with van der Waals surface area (Å²) in [6, 6.07) is 5.09. The number of nitro groups is 1. The number of hydrogen-bond acceptors (Lipinski definition) is 8. The van der Waals surface area contributed by atoms with E-state index in [0.29, 0.717) is 5.52 Å². The zero-order valence-electron chi connectivity index (χ0n) is 20.5. The topological polar surface area (TPSA) is 109 Å². The second-order valence-electron chi connectivity index (χ2n) is 8.86. The Morgan fingerprint density at radius 1 is 1.35 bits per heavy atom. The van der Waals surface area contributed by atoms with E-state index in [1.807, 2.05) is 0 Å². The lowest BCUT2D eigenvalue weighted by molar-refractivity contribution is -0.383. The van der Waals surface area contributed by atoms with Crippen LogP contribution in [0.15, 0.2) is 18.2 Å². The van der Waals surface area contributed by atoms with Gasteiger partial charge in [-0.1, -0.05) is 25.1 Å². The number of non-ortho nitro benzene ring substituents is 1. The minimum Gasteiger partial charge on any atom is -0.350 e. The Morgan fingerprint density at radius 3 is 2.65 bits per heavy atom. The third kappa shape index (κ3) is 5.37. The zero-order valence-corrected chi connectivity index (χ0v) is 21.4. The van der Waals surface area contributed by atoms with Gasteiger partial charge in [0, 0.05) is 24.1 Å². The van der Waals surface area contributed by atoms with Crippen molar-refractivity contribution in [1.82, 2.24) is 19.7 Å². The van der Waals surface area contributed by atoms with Gasteiger partial charge in [-0.3, -0.25) is 10.1 Å². The summed E-state index contributed by atoms with van der Waals surface area (Å²) in [5.41, 5.74) is 0.624. The molecule has 0 N–H and O–H groups in total. The van der Waals surface area contributed by atoms with E-state index in [2.05, 4.69) is 61.4 Å². The first-order valence-electron chi connectivity index (χ1n) is 11.6. The molecule has 1 fully saturated rings. The van der Waals surface area contributed by atoms with Gasteiger partial charge in [0.1, 0.15) is 12.7 Å².